The van der Waals surface area contributed by atoms with E-state index in [9.17, 15) is 18.4 Å². The molecular weight excluding hydrogens is 380 g/mol. The first kappa shape index (κ1) is 19.9. The van der Waals surface area contributed by atoms with E-state index in [1.54, 1.807) is 6.07 Å². The second-order valence-electron chi connectivity index (χ2n) is 6.04. The average Bonchev–Trinajstić information content (AvgIpc) is 2.74. The van der Waals surface area contributed by atoms with Gasteiger partial charge in [0.2, 0.25) is 0 Å². The number of carbonyl (C=O) groups excluding carboxylic acids is 2. The number of carbonyl (C=O) groups is 2. The molecular formula is C21H17F2N3O3. The Morgan fingerprint density at radius 3 is 2.45 bits per heavy atom. The second kappa shape index (κ2) is 8.92. The Kier molecular flexibility index (Phi) is 6.13. The Labute approximate surface area is 165 Å². The van der Waals surface area contributed by atoms with E-state index in [0.717, 1.165) is 17.7 Å². The van der Waals surface area contributed by atoms with Gasteiger partial charge in [0.15, 0.2) is 0 Å². The van der Waals surface area contributed by atoms with E-state index in [4.69, 9.17) is 4.74 Å². The summed E-state index contributed by atoms with van der Waals surface area (Å²) < 4.78 is 31.9. The second-order valence-corrected chi connectivity index (χ2v) is 6.04. The Morgan fingerprint density at radius 1 is 1.00 bits per heavy atom. The number of para-hydroxylation sites is 1. The molecule has 1 aromatic heterocycles. The lowest BCUT2D eigenvalue weighted by atomic mass is 10.1. The molecule has 8 heteroatoms. The number of hydrogen-bond acceptors (Lipinski definition) is 4. The average molecular weight is 397 g/mol. The van der Waals surface area contributed by atoms with Crippen LogP contribution in [-0.4, -0.2) is 23.9 Å². The van der Waals surface area contributed by atoms with Crippen molar-refractivity contribution in [1.29, 1.82) is 0 Å². The van der Waals surface area contributed by atoms with Crippen molar-refractivity contribution in [3.05, 3.63) is 89.2 Å². The fourth-order valence-electron chi connectivity index (χ4n) is 2.60. The molecule has 0 aliphatic carbocycles. The number of ether oxygens (including phenoxy) is 1. The number of benzene rings is 2. The van der Waals surface area contributed by atoms with Gasteiger partial charge in [-0.2, -0.15) is 0 Å². The van der Waals surface area contributed by atoms with Crippen LogP contribution in [0, 0.1) is 11.6 Å². The van der Waals surface area contributed by atoms with Crippen molar-refractivity contribution in [3.8, 4) is 5.75 Å². The Bertz CT molecular complexity index is 1060. The van der Waals surface area contributed by atoms with Gasteiger partial charge in [0.1, 0.15) is 17.4 Å². The molecule has 0 spiro atoms. The Balaban J connectivity index is 1.69. The number of nitrogens with zero attached hydrogens (tertiary/aromatic N) is 1. The highest BCUT2D eigenvalue weighted by Gasteiger charge is 2.14. The molecule has 148 valence electrons. The van der Waals surface area contributed by atoms with Crippen molar-refractivity contribution < 1.29 is 23.1 Å². The van der Waals surface area contributed by atoms with Gasteiger partial charge in [-0.25, -0.2) is 8.78 Å². The highest BCUT2D eigenvalue weighted by molar-refractivity contribution is 6.05. The Morgan fingerprint density at radius 2 is 1.72 bits per heavy atom. The first-order valence-corrected chi connectivity index (χ1v) is 8.59. The molecule has 0 aliphatic rings. The molecule has 0 fully saturated rings. The van der Waals surface area contributed by atoms with Crippen LogP contribution in [0.4, 0.5) is 14.5 Å². The van der Waals surface area contributed by atoms with Crippen molar-refractivity contribution in [2.24, 2.45) is 0 Å². The zero-order chi connectivity index (χ0) is 20.8. The molecule has 0 aliphatic heterocycles. The molecule has 0 radical (unpaired) electrons. The molecule has 2 amide bonds. The molecule has 0 bridgehead atoms. The topological polar surface area (TPSA) is 80.3 Å². The molecule has 2 N–H and O–H groups in total. The number of pyridine rings is 1. The van der Waals surface area contributed by atoms with Crippen LogP contribution >= 0.6 is 0 Å². The van der Waals surface area contributed by atoms with Gasteiger partial charge in [-0.15, -0.1) is 0 Å². The summed E-state index contributed by atoms with van der Waals surface area (Å²) in [5.74, 6) is -2.14. The number of aromatic nitrogens is 1. The molecule has 3 rings (SSSR count). The van der Waals surface area contributed by atoms with Crippen LogP contribution in [0.2, 0.25) is 0 Å². The lowest BCUT2D eigenvalue weighted by Crippen LogP contribution is -2.24. The van der Waals surface area contributed by atoms with Gasteiger partial charge < -0.3 is 15.4 Å². The van der Waals surface area contributed by atoms with Crippen molar-refractivity contribution in [3.63, 3.8) is 0 Å². The SMILES string of the molecule is COc1ccccc1CNC(=O)c1cncc(C(=O)Nc2ccc(F)cc2F)c1. The minimum Gasteiger partial charge on any atom is -0.496 e. The highest BCUT2D eigenvalue weighted by Crippen LogP contribution is 2.18. The molecule has 2 aromatic carbocycles. The van der Waals surface area contributed by atoms with Crippen molar-refractivity contribution in [1.82, 2.24) is 10.3 Å². The molecule has 1 heterocycles. The van der Waals surface area contributed by atoms with Gasteiger partial charge in [-0.3, -0.25) is 14.6 Å². The molecule has 29 heavy (non-hydrogen) atoms. The van der Waals surface area contributed by atoms with Gasteiger partial charge in [0.05, 0.1) is 23.9 Å². The number of amides is 2. The van der Waals surface area contributed by atoms with E-state index in [1.807, 2.05) is 18.2 Å². The van der Waals surface area contributed by atoms with E-state index < -0.39 is 23.4 Å². The lowest BCUT2D eigenvalue weighted by Gasteiger charge is -2.10. The number of rotatable bonds is 6. The summed E-state index contributed by atoms with van der Waals surface area (Å²) in [6.07, 6.45) is 2.56. The predicted molar refractivity (Wildman–Crippen MR) is 103 cm³/mol. The zero-order valence-corrected chi connectivity index (χ0v) is 15.4. The van der Waals surface area contributed by atoms with Gasteiger partial charge in [-0.05, 0) is 24.3 Å². The van der Waals surface area contributed by atoms with Crippen molar-refractivity contribution in [2.75, 3.05) is 12.4 Å². The van der Waals surface area contributed by atoms with Gasteiger partial charge in [0.25, 0.3) is 11.8 Å². The van der Waals surface area contributed by atoms with E-state index in [-0.39, 0.29) is 23.4 Å². The van der Waals surface area contributed by atoms with Crippen LogP contribution in [0.25, 0.3) is 0 Å². The van der Waals surface area contributed by atoms with Crippen LogP contribution in [0.3, 0.4) is 0 Å². The van der Waals surface area contributed by atoms with E-state index >= 15 is 0 Å². The van der Waals surface area contributed by atoms with E-state index in [2.05, 4.69) is 15.6 Å². The van der Waals surface area contributed by atoms with Crippen LogP contribution in [0.1, 0.15) is 26.3 Å². The standard InChI is InChI=1S/C21H17F2N3O3/c1-29-19-5-3-2-4-13(19)12-25-20(27)14-8-15(11-24-10-14)21(28)26-18-7-6-16(22)9-17(18)23/h2-11H,12H2,1H3,(H,25,27)(H,26,28). The maximum absolute atomic E-state index is 13.7. The number of nitrogens with one attached hydrogen (secondary N) is 2. The third kappa shape index (κ3) is 4.92. The summed E-state index contributed by atoms with van der Waals surface area (Å²) in [7, 11) is 1.54. The number of halogens is 2. The fourth-order valence-corrected chi connectivity index (χ4v) is 2.60. The van der Waals surface area contributed by atoms with Crippen molar-refractivity contribution >= 4 is 17.5 Å². The van der Waals surface area contributed by atoms with Crippen LogP contribution in [0.15, 0.2) is 60.9 Å². The smallest absolute Gasteiger partial charge is 0.257 e. The maximum atomic E-state index is 13.7. The van der Waals surface area contributed by atoms with Gasteiger partial charge in [-0.1, -0.05) is 18.2 Å². The molecule has 0 saturated heterocycles. The summed E-state index contributed by atoms with van der Waals surface area (Å²) in [5, 5.41) is 5.05. The number of methoxy groups -OCH3 is 1. The van der Waals surface area contributed by atoms with Gasteiger partial charge in [0, 0.05) is 30.6 Å². The first-order chi connectivity index (χ1) is 14.0. The molecule has 0 atom stereocenters. The van der Waals surface area contributed by atoms with Crippen molar-refractivity contribution in [2.45, 2.75) is 6.54 Å². The third-order valence-corrected chi connectivity index (χ3v) is 4.07. The number of hydrogen-bond donors (Lipinski definition) is 2. The van der Waals surface area contributed by atoms with E-state index in [0.29, 0.717) is 11.8 Å². The largest absolute Gasteiger partial charge is 0.496 e. The normalized spacial score (nSPS) is 10.3. The zero-order valence-electron chi connectivity index (χ0n) is 15.4. The summed E-state index contributed by atoms with van der Waals surface area (Å²) >= 11 is 0. The highest BCUT2D eigenvalue weighted by atomic mass is 19.1. The fraction of sp³-hybridized carbons (Fsp3) is 0.0952. The van der Waals surface area contributed by atoms with Gasteiger partial charge >= 0.3 is 0 Å². The van der Waals surface area contributed by atoms with Crippen LogP contribution in [-0.2, 0) is 6.54 Å². The first-order valence-electron chi connectivity index (χ1n) is 8.59. The van der Waals surface area contributed by atoms with Crippen LogP contribution < -0.4 is 15.4 Å². The maximum Gasteiger partial charge on any atom is 0.257 e. The molecule has 0 unspecified atom stereocenters. The third-order valence-electron chi connectivity index (χ3n) is 4.07. The summed E-state index contributed by atoms with van der Waals surface area (Å²) in [6.45, 7) is 0.222. The van der Waals surface area contributed by atoms with E-state index in [1.165, 1.54) is 25.6 Å². The predicted octanol–water partition coefficient (Wildman–Crippen LogP) is 3.55. The minimum atomic E-state index is -0.906. The quantitative estimate of drug-likeness (QED) is 0.667. The summed E-state index contributed by atoms with van der Waals surface area (Å²) in [5.41, 5.74) is 0.824. The Hall–Kier alpha value is -3.81. The summed E-state index contributed by atoms with van der Waals surface area (Å²) in [4.78, 5) is 28.6. The monoisotopic (exact) mass is 397 g/mol. The minimum absolute atomic E-state index is 0.0543. The summed E-state index contributed by atoms with van der Waals surface area (Å²) in [6, 6.07) is 11.4. The molecule has 0 saturated carbocycles. The molecule has 3 aromatic rings. The van der Waals surface area contributed by atoms with Crippen LogP contribution in [0.5, 0.6) is 5.75 Å². The molecule has 6 nitrogen and oxygen atoms in total. The lowest BCUT2D eigenvalue weighted by molar-refractivity contribution is 0.0950. The number of anilines is 1.